The molecule has 0 fully saturated rings. The zero-order valence-corrected chi connectivity index (χ0v) is 7.63. The smallest absolute Gasteiger partial charge is 0.314 e. The van der Waals surface area contributed by atoms with Crippen molar-refractivity contribution in [1.82, 2.24) is 5.32 Å². The van der Waals surface area contributed by atoms with Crippen LogP contribution in [0.4, 0.5) is 26.3 Å². The van der Waals surface area contributed by atoms with Crippen LogP contribution in [-0.2, 0) is 0 Å². The predicted molar refractivity (Wildman–Crippen MR) is 38.7 cm³/mol. The minimum atomic E-state index is -5.26. The molecule has 7 heteroatoms. The van der Waals surface area contributed by atoms with Crippen molar-refractivity contribution in [1.29, 1.82) is 0 Å². The second-order valence-electron chi connectivity index (χ2n) is 2.91. The van der Waals surface area contributed by atoms with Gasteiger partial charge in [-0.15, -0.1) is 0 Å². The minimum Gasteiger partial charge on any atom is -0.314 e. The van der Waals surface area contributed by atoms with Crippen molar-refractivity contribution in [2.75, 3.05) is 6.54 Å². The maximum Gasteiger partial charge on any atom is 0.401 e. The van der Waals surface area contributed by atoms with Crippen LogP contribution in [0.25, 0.3) is 0 Å². The number of halogens is 6. The van der Waals surface area contributed by atoms with Crippen molar-refractivity contribution in [3.8, 4) is 0 Å². The minimum absolute atomic E-state index is 0.0594. The molecule has 0 aromatic rings. The van der Waals surface area contributed by atoms with Gasteiger partial charge < -0.3 is 5.32 Å². The van der Waals surface area contributed by atoms with Gasteiger partial charge in [0.25, 0.3) is 0 Å². The SMILES string of the molecule is CCNC(C)C(C(F)(F)F)C(F)(F)F. The van der Waals surface area contributed by atoms with E-state index in [4.69, 9.17) is 0 Å². The average molecular weight is 223 g/mol. The maximum absolute atomic E-state index is 12.0. The van der Waals surface area contributed by atoms with Gasteiger partial charge in [0.15, 0.2) is 5.92 Å². The fourth-order valence-electron chi connectivity index (χ4n) is 1.19. The van der Waals surface area contributed by atoms with Crippen LogP contribution in [0.2, 0.25) is 0 Å². The molecule has 1 unspecified atom stereocenters. The molecule has 0 aromatic carbocycles. The molecular weight excluding hydrogens is 212 g/mol. The number of alkyl halides is 6. The molecule has 0 aliphatic rings. The molecule has 0 saturated heterocycles. The molecule has 0 aromatic heterocycles. The van der Waals surface area contributed by atoms with E-state index < -0.39 is 24.3 Å². The first-order chi connectivity index (χ1) is 6.10. The molecule has 0 amide bonds. The summed E-state index contributed by atoms with van der Waals surface area (Å²) in [6.07, 6.45) is -10.5. The molecule has 0 heterocycles. The summed E-state index contributed by atoms with van der Waals surface area (Å²) < 4.78 is 72.2. The summed E-state index contributed by atoms with van der Waals surface area (Å²) in [5.41, 5.74) is 0. The van der Waals surface area contributed by atoms with Gasteiger partial charge in [0.1, 0.15) is 0 Å². The van der Waals surface area contributed by atoms with Crippen LogP contribution >= 0.6 is 0 Å². The molecule has 0 aliphatic heterocycles. The average Bonchev–Trinajstić information content (AvgIpc) is 1.78. The van der Waals surface area contributed by atoms with Gasteiger partial charge in [-0.3, -0.25) is 0 Å². The summed E-state index contributed by atoms with van der Waals surface area (Å²) in [4.78, 5) is 0. The quantitative estimate of drug-likeness (QED) is 0.725. The van der Waals surface area contributed by atoms with Gasteiger partial charge in [-0.2, -0.15) is 26.3 Å². The molecule has 0 spiro atoms. The summed E-state index contributed by atoms with van der Waals surface area (Å²) in [6.45, 7) is 2.37. The summed E-state index contributed by atoms with van der Waals surface area (Å²) in [6, 6.07) is -1.67. The van der Waals surface area contributed by atoms with Gasteiger partial charge in [-0.1, -0.05) is 6.92 Å². The van der Waals surface area contributed by atoms with E-state index in [9.17, 15) is 26.3 Å². The third-order valence-electron chi connectivity index (χ3n) is 1.73. The summed E-state index contributed by atoms with van der Waals surface area (Å²) >= 11 is 0. The Bertz CT molecular complexity index is 158. The highest BCUT2D eigenvalue weighted by atomic mass is 19.4. The van der Waals surface area contributed by atoms with E-state index in [1.54, 1.807) is 0 Å². The van der Waals surface area contributed by atoms with Crippen molar-refractivity contribution in [2.24, 2.45) is 5.92 Å². The Morgan fingerprint density at radius 3 is 1.57 bits per heavy atom. The molecule has 86 valence electrons. The van der Waals surface area contributed by atoms with E-state index in [1.165, 1.54) is 6.92 Å². The molecule has 0 radical (unpaired) electrons. The first-order valence-electron chi connectivity index (χ1n) is 3.97. The molecule has 1 atom stereocenters. The summed E-state index contributed by atoms with van der Waals surface area (Å²) in [7, 11) is 0. The lowest BCUT2D eigenvalue weighted by Gasteiger charge is -2.28. The van der Waals surface area contributed by atoms with Crippen molar-refractivity contribution in [3.63, 3.8) is 0 Å². The first kappa shape index (κ1) is 13.5. The van der Waals surface area contributed by atoms with Gasteiger partial charge in [0, 0.05) is 6.04 Å². The monoisotopic (exact) mass is 223 g/mol. The van der Waals surface area contributed by atoms with E-state index in [0.717, 1.165) is 6.92 Å². The second kappa shape index (κ2) is 4.37. The Hall–Kier alpha value is -0.460. The predicted octanol–water partition coefficient (Wildman–Crippen LogP) is 2.73. The van der Waals surface area contributed by atoms with Gasteiger partial charge in [0.05, 0.1) is 0 Å². The second-order valence-corrected chi connectivity index (χ2v) is 2.91. The Morgan fingerprint density at radius 2 is 1.36 bits per heavy atom. The first-order valence-corrected chi connectivity index (χ1v) is 3.97. The highest BCUT2D eigenvalue weighted by molar-refractivity contribution is 4.84. The molecule has 0 saturated carbocycles. The van der Waals surface area contributed by atoms with Gasteiger partial charge in [-0.05, 0) is 13.5 Å². The standard InChI is InChI=1S/C7H11F6N/c1-3-14-4(2)5(6(8,9)10)7(11,12)13/h4-5,14H,3H2,1-2H3. The lowest BCUT2D eigenvalue weighted by molar-refractivity contribution is -0.290. The number of nitrogens with one attached hydrogen (secondary N) is 1. The van der Waals surface area contributed by atoms with Crippen LogP contribution in [-0.4, -0.2) is 24.9 Å². The third kappa shape index (κ3) is 3.73. The Labute approximate surface area is 77.5 Å². The highest BCUT2D eigenvalue weighted by Gasteiger charge is 2.58. The van der Waals surface area contributed by atoms with Crippen LogP contribution in [0.15, 0.2) is 0 Å². The zero-order valence-electron chi connectivity index (χ0n) is 7.63. The molecule has 0 bridgehead atoms. The zero-order chi connectivity index (χ0) is 11.6. The van der Waals surface area contributed by atoms with E-state index in [2.05, 4.69) is 5.32 Å². The summed E-state index contributed by atoms with van der Waals surface area (Å²) in [5.74, 6) is -3.31. The molecular formula is C7H11F6N. The van der Waals surface area contributed by atoms with E-state index in [-0.39, 0.29) is 6.54 Å². The molecule has 0 aliphatic carbocycles. The molecule has 1 nitrogen and oxygen atoms in total. The van der Waals surface area contributed by atoms with Crippen molar-refractivity contribution in [2.45, 2.75) is 32.2 Å². The van der Waals surface area contributed by atoms with E-state index in [0.29, 0.717) is 0 Å². The fourth-order valence-corrected chi connectivity index (χ4v) is 1.19. The van der Waals surface area contributed by atoms with Crippen molar-refractivity contribution >= 4 is 0 Å². The number of rotatable bonds is 3. The van der Waals surface area contributed by atoms with E-state index >= 15 is 0 Å². The van der Waals surface area contributed by atoms with Crippen molar-refractivity contribution in [3.05, 3.63) is 0 Å². The topological polar surface area (TPSA) is 12.0 Å². The molecule has 1 N–H and O–H groups in total. The normalized spacial score (nSPS) is 16.1. The highest BCUT2D eigenvalue weighted by Crippen LogP contribution is 2.41. The number of hydrogen-bond acceptors (Lipinski definition) is 1. The van der Waals surface area contributed by atoms with Gasteiger partial charge in [-0.25, -0.2) is 0 Å². The lowest BCUT2D eigenvalue weighted by atomic mass is 10.00. The van der Waals surface area contributed by atoms with Crippen LogP contribution in [0, 0.1) is 5.92 Å². The lowest BCUT2D eigenvalue weighted by Crippen LogP contribution is -2.49. The third-order valence-corrected chi connectivity index (χ3v) is 1.73. The van der Waals surface area contributed by atoms with Crippen LogP contribution < -0.4 is 5.32 Å². The Morgan fingerprint density at radius 1 is 1.00 bits per heavy atom. The van der Waals surface area contributed by atoms with Crippen LogP contribution in [0.5, 0.6) is 0 Å². The summed E-state index contributed by atoms with van der Waals surface area (Å²) in [5, 5.41) is 2.12. The maximum atomic E-state index is 12.0. The largest absolute Gasteiger partial charge is 0.401 e. The molecule has 14 heavy (non-hydrogen) atoms. The fraction of sp³-hybridized carbons (Fsp3) is 1.00. The van der Waals surface area contributed by atoms with Crippen LogP contribution in [0.1, 0.15) is 13.8 Å². The van der Waals surface area contributed by atoms with E-state index in [1.807, 2.05) is 0 Å². The van der Waals surface area contributed by atoms with Crippen LogP contribution in [0.3, 0.4) is 0 Å². The van der Waals surface area contributed by atoms with Gasteiger partial charge in [0.2, 0.25) is 0 Å². The Kier molecular flexibility index (Phi) is 4.23. The van der Waals surface area contributed by atoms with Gasteiger partial charge >= 0.3 is 12.4 Å². The molecule has 0 rings (SSSR count). The van der Waals surface area contributed by atoms with Crippen molar-refractivity contribution < 1.29 is 26.3 Å². The Balaban J connectivity index is 4.74. The number of hydrogen-bond donors (Lipinski definition) is 1.